The number of nitrogens with zero attached hydrogens (tertiary/aromatic N) is 1. The maximum absolute atomic E-state index is 13.0. The maximum Gasteiger partial charge on any atom is 0.257 e. The van der Waals surface area contributed by atoms with Gasteiger partial charge in [0.25, 0.3) is 5.91 Å². The number of ether oxygens (including phenoxy) is 1. The van der Waals surface area contributed by atoms with E-state index in [2.05, 4.69) is 10.5 Å². The summed E-state index contributed by atoms with van der Waals surface area (Å²) in [6.45, 7) is 1.31. The Morgan fingerprint density at radius 3 is 2.88 bits per heavy atom. The van der Waals surface area contributed by atoms with Crippen molar-refractivity contribution in [2.24, 2.45) is 5.16 Å². The van der Waals surface area contributed by atoms with Crippen LogP contribution in [0.1, 0.15) is 12.5 Å². The lowest BCUT2D eigenvalue weighted by atomic mass is 10.1. The molecule has 0 fully saturated rings. The first kappa shape index (κ1) is 13.0. The van der Waals surface area contributed by atoms with Crippen molar-refractivity contribution >= 4 is 11.6 Å². The molecule has 17 heavy (non-hydrogen) atoms. The zero-order valence-corrected chi connectivity index (χ0v) is 9.53. The Hall–Kier alpha value is -2.11. The summed E-state index contributed by atoms with van der Waals surface area (Å²) in [5, 5.41) is 14.0. The molecule has 1 aromatic carbocycles. The average Bonchev–Trinajstić information content (AvgIpc) is 2.35. The van der Waals surface area contributed by atoms with Gasteiger partial charge in [-0.2, -0.15) is 0 Å². The molecule has 0 aromatic heterocycles. The molecule has 1 amide bonds. The highest BCUT2D eigenvalue weighted by molar-refractivity contribution is 6.00. The van der Waals surface area contributed by atoms with E-state index < -0.39 is 5.82 Å². The highest BCUT2D eigenvalue weighted by Gasteiger charge is 2.10. The van der Waals surface area contributed by atoms with Gasteiger partial charge < -0.3 is 15.3 Å². The number of carbonyl (C=O) groups excluding carboxylic acids is 1. The Balaban J connectivity index is 2.94. The van der Waals surface area contributed by atoms with Crippen molar-refractivity contribution < 1.29 is 19.1 Å². The van der Waals surface area contributed by atoms with Gasteiger partial charge in [-0.05, 0) is 25.1 Å². The van der Waals surface area contributed by atoms with Crippen LogP contribution in [0.15, 0.2) is 23.4 Å². The molecule has 0 saturated heterocycles. The van der Waals surface area contributed by atoms with Gasteiger partial charge in [-0.1, -0.05) is 5.16 Å². The van der Waals surface area contributed by atoms with Crippen LogP contribution in [-0.2, 0) is 4.79 Å². The topological polar surface area (TPSA) is 70.9 Å². The lowest BCUT2D eigenvalue weighted by Gasteiger charge is -2.10. The maximum atomic E-state index is 13.0. The van der Waals surface area contributed by atoms with E-state index in [1.807, 2.05) is 0 Å². The number of oxime groups is 1. The van der Waals surface area contributed by atoms with Crippen molar-refractivity contribution in [1.29, 1.82) is 0 Å². The minimum absolute atomic E-state index is 0.187. The van der Waals surface area contributed by atoms with Gasteiger partial charge in [0.2, 0.25) is 0 Å². The Morgan fingerprint density at radius 1 is 1.59 bits per heavy atom. The third kappa shape index (κ3) is 3.44. The predicted octanol–water partition coefficient (Wildman–Crippen LogP) is 1.15. The lowest BCUT2D eigenvalue weighted by molar-refractivity contribution is -0.122. The number of benzene rings is 1. The molecule has 1 rings (SSSR count). The molecule has 0 aliphatic heterocycles. The molecular formula is C11H13FN2O3. The summed E-state index contributed by atoms with van der Waals surface area (Å²) in [7, 11) is 1.48. The van der Waals surface area contributed by atoms with E-state index in [-0.39, 0.29) is 24.0 Å². The van der Waals surface area contributed by atoms with E-state index in [1.54, 1.807) is 0 Å². The van der Waals surface area contributed by atoms with Crippen LogP contribution < -0.4 is 10.1 Å². The van der Waals surface area contributed by atoms with Crippen LogP contribution in [0.3, 0.4) is 0 Å². The zero-order valence-electron chi connectivity index (χ0n) is 9.53. The molecule has 0 unspecified atom stereocenters. The van der Waals surface area contributed by atoms with Crippen LogP contribution >= 0.6 is 0 Å². The number of halogens is 1. The monoisotopic (exact) mass is 240 g/mol. The predicted molar refractivity (Wildman–Crippen MR) is 60.0 cm³/mol. The fourth-order valence-corrected chi connectivity index (χ4v) is 1.18. The van der Waals surface area contributed by atoms with Gasteiger partial charge in [-0.25, -0.2) is 4.39 Å². The molecule has 2 N–H and O–H groups in total. The quantitative estimate of drug-likeness (QED) is 0.471. The van der Waals surface area contributed by atoms with Gasteiger partial charge in [0, 0.05) is 12.6 Å². The van der Waals surface area contributed by atoms with Crippen molar-refractivity contribution in [3.8, 4) is 5.75 Å². The first-order chi connectivity index (χ1) is 8.08. The fourth-order valence-electron chi connectivity index (χ4n) is 1.18. The van der Waals surface area contributed by atoms with Crippen LogP contribution in [0.25, 0.3) is 0 Å². The third-order valence-corrected chi connectivity index (χ3v) is 2.12. The molecule has 0 heterocycles. The second kappa shape index (κ2) is 5.83. The van der Waals surface area contributed by atoms with Gasteiger partial charge in [-0.15, -0.1) is 0 Å². The fraction of sp³-hybridized carbons (Fsp3) is 0.273. The van der Waals surface area contributed by atoms with Crippen LogP contribution in [0.4, 0.5) is 4.39 Å². The number of amides is 1. The third-order valence-electron chi connectivity index (χ3n) is 2.12. The molecule has 92 valence electrons. The molecule has 6 heteroatoms. The normalized spacial score (nSPS) is 11.1. The Labute approximate surface area is 97.9 Å². The van der Waals surface area contributed by atoms with Gasteiger partial charge in [0.15, 0.2) is 6.61 Å². The number of rotatable bonds is 4. The largest absolute Gasteiger partial charge is 0.483 e. The van der Waals surface area contributed by atoms with Gasteiger partial charge in [-0.3, -0.25) is 4.79 Å². The van der Waals surface area contributed by atoms with Gasteiger partial charge in [0.1, 0.15) is 11.6 Å². The number of nitrogens with one attached hydrogen (secondary N) is 1. The Morgan fingerprint density at radius 2 is 2.29 bits per heavy atom. The number of hydrogen-bond acceptors (Lipinski definition) is 4. The van der Waals surface area contributed by atoms with Crippen molar-refractivity contribution in [3.05, 3.63) is 29.6 Å². The number of likely N-dealkylation sites (N-methyl/N-ethyl adjacent to an activating group) is 1. The molecule has 0 aliphatic rings. The summed E-state index contributed by atoms with van der Waals surface area (Å²) in [4.78, 5) is 11.0. The van der Waals surface area contributed by atoms with E-state index in [9.17, 15) is 9.18 Å². The molecule has 0 aliphatic carbocycles. The minimum Gasteiger partial charge on any atom is -0.483 e. The molecular weight excluding hydrogens is 227 g/mol. The lowest BCUT2D eigenvalue weighted by Crippen LogP contribution is -2.25. The first-order valence-corrected chi connectivity index (χ1v) is 4.90. The molecule has 0 atom stereocenters. The number of hydrogen-bond donors (Lipinski definition) is 2. The standard InChI is InChI=1S/C11H13FN2O3/c1-7(14-16)9-5-8(12)3-4-10(9)17-6-11(15)13-2/h3-5,16H,6H2,1-2H3,(H,13,15). The summed E-state index contributed by atoms with van der Waals surface area (Å²) < 4.78 is 18.2. The number of carbonyl (C=O) groups is 1. The summed E-state index contributed by atoms with van der Waals surface area (Å²) in [6, 6.07) is 3.75. The first-order valence-electron chi connectivity index (χ1n) is 4.90. The summed E-state index contributed by atoms with van der Waals surface area (Å²) in [5.41, 5.74) is 0.507. The molecule has 5 nitrogen and oxygen atoms in total. The zero-order chi connectivity index (χ0) is 12.8. The van der Waals surface area contributed by atoms with Gasteiger partial charge in [0.05, 0.1) is 5.71 Å². The summed E-state index contributed by atoms with van der Waals surface area (Å²) in [6.07, 6.45) is 0. The summed E-state index contributed by atoms with van der Waals surface area (Å²) in [5.74, 6) is -0.501. The second-order valence-corrected chi connectivity index (χ2v) is 3.29. The van der Waals surface area contributed by atoms with E-state index in [0.717, 1.165) is 0 Å². The van der Waals surface area contributed by atoms with Crippen LogP contribution in [-0.4, -0.2) is 30.5 Å². The van der Waals surface area contributed by atoms with Crippen LogP contribution in [0.5, 0.6) is 5.75 Å². The van der Waals surface area contributed by atoms with Crippen molar-refractivity contribution in [2.75, 3.05) is 13.7 Å². The molecule has 0 saturated carbocycles. The van der Waals surface area contributed by atoms with E-state index in [1.165, 1.54) is 32.2 Å². The van der Waals surface area contributed by atoms with E-state index in [4.69, 9.17) is 9.94 Å². The van der Waals surface area contributed by atoms with Crippen molar-refractivity contribution in [1.82, 2.24) is 5.32 Å². The molecule has 0 bridgehead atoms. The molecule has 1 aromatic rings. The SMILES string of the molecule is CNC(=O)COc1ccc(F)cc1C(C)=NO. The van der Waals surface area contributed by atoms with Crippen LogP contribution in [0, 0.1) is 5.82 Å². The second-order valence-electron chi connectivity index (χ2n) is 3.29. The Bertz CT molecular complexity index is 446. The van der Waals surface area contributed by atoms with E-state index >= 15 is 0 Å². The van der Waals surface area contributed by atoms with E-state index in [0.29, 0.717) is 5.56 Å². The highest BCUT2D eigenvalue weighted by Crippen LogP contribution is 2.20. The smallest absolute Gasteiger partial charge is 0.257 e. The van der Waals surface area contributed by atoms with Crippen LogP contribution in [0.2, 0.25) is 0 Å². The molecule has 0 spiro atoms. The average molecular weight is 240 g/mol. The van der Waals surface area contributed by atoms with Gasteiger partial charge >= 0.3 is 0 Å². The molecule has 0 radical (unpaired) electrons. The minimum atomic E-state index is -0.477. The highest BCUT2D eigenvalue weighted by atomic mass is 19.1. The van der Waals surface area contributed by atoms with Crippen molar-refractivity contribution in [2.45, 2.75) is 6.92 Å². The summed E-state index contributed by atoms with van der Waals surface area (Å²) >= 11 is 0. The Kier molecular flexibility index (Phi) is 4.45. The van der Waals surface area contributed by atoms with Crippen molar-refractivity contribution in [3.63, 3.8) is 0 Å².